The number of rotatable bonds is 5. The molecule has 0 spiro atoms. The summed E-state index contributed by atoms with van der Waals surface area (Å²) in [4.78, 5) is 18.2. The largest absolute Gasteiger partial charge is 0.347 e. The van der Waals surface area contributed by atoms with E-state index in [1.165, 1.54) is 16.9 Å². The highest BCUT2D eigenvalue weighted by molar-refractivity contribution is 7.20. The molecule has 0 bridgehead atoms. The maximum Gasteiger partial charge on any atom is 0.261 e. The van der Waals surface area contributed by atoms with Gasteiger partial charge in [-0.15, -0.1) is 11.3 Å². The Kier molecular flexibility index (Phi) is 4.30. The average Bonchev–Trinajstić information content (AvgIpc) is 3.34. The highest BCUT2D eigenvalue weighted by Gasteiger charge is 2.14. The third-order valence-corrected chi connectivity index (χ3v) is 5.52. The second kappa shape index (κ2) is 6.76. The monoisotopic (exact) mass is 365 g/mol. The van der Waals surface area contributed by atoms with Crippen molar-refractivity contribution in [3.8, 4) is 0 Å². The summed E-state index contributed by atoms with van der Waals surface area (Å²) in [6.07, 6.45) is 5.52. The van der Waals surface area contributed by atoms with E-state index in [4.69, 9.17) is 0 Å². The molecule has 0 aliphatic rings. The Morgan fingerprint density at radius 2 is 2.00 bits per heavy atom. The van der Waals surface area contributed by atoms with Crippen molar-refractivity contribution in [1.82, 2.24) is 24.6 Å². The zero-order valence-corrected chi connectivity index (χ0v) is 15.5. The maximum atomic E-state index is 12.4. The molecule has 1 N–H and O–H groups in total. The van der Waals surface area contributed by atoms with Crippen molar-refractivity contribution in [2.75, 3.05) is 0 Å². The topological polar surface area (TPSA) is 64.7 Å². The lowest BCUT2D eigenvalue weighted by molar-refractivity contribution is 0.0955. The van der Waals surface area contributed by atoms with Crippen molar-refractivity contribution in [3.05, 3.63) is 70.8 Å². The van der Waals surface area contributed by atoms with Crippen molar-refractivity contribution in [1.29, 1.82) is 0 Å². The number of aryl methyl sites for hydroxylation is 2. The fourth-order valence-electron chi connectivity index (χ4n) is 2.94. The Morgan fingerprint density at radius 3 is 2.69 bits per heavy atom. The van der Waals surface area contributed by atoms with E-state index in [2.05, 4.69) is 27.5 Å². The van der Waals surface area contributed by atoms with Crippen molar-refractivity contribution in [3.63, 3.8) is 0 Å². The minimum atomic E-state index is -0.0481. The number of aromatic nitrogens is 4. The van der Waals surface area contributed by atoms with Crippen LogP contribution in [0.5, 0.6) is 0 Å². The highest BCUT2D eigenvalue weighted by atomic mass is 32.1. The van der Waals surface area contributed by atoms with Crippen LogP contribution in [0.25, 0.3) is 10.2 Å². The summed E-state index contributed by atoms with van der Waals surface area (Å²) in [7, 11) is 1.90. The molecule has 1 amide bonds. The molecule has 7 heteroatoms. The quantitative estimate of drug-likeness (QED) is 0.591. The number of thiophene rings is 1. The van der Waals surface area contributed by atoms with E-state index in [1.807, 2.05) is 47.6 Å². The van der Waals surface area contributed by atoms with E-state index in [0.717, 1.165) is 28.0 Å². The van der Waals surface area contributed by atoms with Gasteiger partial charge in [-0.2, -0.15) is 5.10 Å². The molecule has 0 unspecified atom stereocenters. The number of hydrogen-bond acceptors (Lipinski definition) is 4. The number of nitrogens with zero attached hydrogens (tertiary/aromatic N) is 4. The lowest BCUT2D eigenvalue weighted by Crippen LogP contribution is -2.21. The Morgan fingerprint density at radius 1 is 1.23 bits per heavy atom. The van der Waals surface area contributed by atoms with Crippen LogP contribution < -0.4 is 5.32 Å². The normalized spacial score (nSPS) is 11.2. The van der Waals surface area contributed by atoms with Gasteiger partial charge in [0.25, 0.3) is 5.91 Å². The molecule has 0 fully saturated rings. The molecule has 4 rings (SSSR count). The average molecular weight is 365 g/mol. The summed E-state index contributed by atoms with van der Waals surface area (Å²) in [5.41, 5.74) is 3.23. The molecular formula is C19H19N5OS. The summed E-state index contributed by atoms with van der Waals surface area (Å²) >= 11 is 1.47. The van der Waals surface area contributed by atoms with Crippen LogP contribution in [-0.4, -0.2) is 25.2 Å². The van der Waals surface area contributed by atoms with Crippen LogP contribution in [0.3, 0.4) is 0 Å². The zero-order valence-electron chi connectivity index (χ0n) is 14.6. The number of imidazole rings is 1. The standard InChI is InChI=1S/C19H19N5OS/c1-13-16-9-17(26-19(16)23(2)22-13)18(25)21-10-14-3-5-15(6-4-14)11-24-8-7-20-12-24/h3-9,12H,10-11H2,1-2H3,(H,21,25). The van der Waals surface area contributed by atoms with E-state index in [-0.39, 0.29) is 5.91 Å². The summed E-state index contributed by atoms with van der Waals surface area (Å²) < 4.78 is 3.85. The molecule has 0 saturated heterocycles. The molecule has 0 aliphatic carbocycles. The number of benzene rings is 1. The predicted octanol–water partition coefficient (Wildman–Crippen LogP) is 3.12. The number of carbonyl (C=O) groups is 1. The van der Waals surface area contributed by atoms with E-state index >= 15 is 0 Å². The molecule has 3 heterocycles. The van der Waals surface area contributed by atoms with Gasteiger partial charge in [-0.05, 0) is 24.1 Å². The number of hydrogen-bond donors (Lipinski definition) is 1. The van der Waals surface area contributed by atoms with Crippen molar-refractivity contribution >= 4 is 27.5 Å². The molecule has 0 atom stereocenters. The van der Waals surface area contributed by atoms with Gasteiger partial charge >= 0.3 is 0 Å². The molecule has 26 heavy (non-hydrogen) atoms. The Labute approximate surface area is 155 Å². The summed E-state index contributed by atoms with van der Waals surface area (Å²) in [5, 5.41) is 8.41. The maximum absolute atomic E-state index is 12.4. The van der Waals surface area contributed by atoms with Gasteiger partial charge in [0.1, 0.15) is 4.83 Å². The van der Waals surface area contributed by atoms with Gasteiger partial charge < -0.3 is 9.88 Å². The smallest absolute Gasteiger partial charge is 0.261 e. The van der Waals surface area contributed by atoms with Crippen molar-refractivity contribution in [2.45, 2.75) is 20.0 Å². The first-order valence-corrected chi connectivity index (χ1v) is 9.17. The molecule has 0 radical (unpaired) electrons. The predicted molar refractivity (Wildman–Crippen MR) is 102 cm³/mol. The van der Waals surface area contributed by atoms with Crippen LogP contribution in [0.4, 0.5) is 0 Å². The lowest BCUT2D eigenvalue weighted by Gasteiger charge is -2.06. The van der Waals surface area contributed by atoms with Gasteiger partial charge in [0, 0.05) is 37.9 Å². The fraction of sp³-hybridized carbons (Fsp3) is 0.211. The van der Waals surface area contributed by atoms with Gasteiger partial charge in [0.05, 0.1) is 16.9 Å². The molecule has 0 aliphatic heterocycles. The van der Waals surface area contributed by atoms with Crippen molar-refractivity contribution in [2.24, 2.45) is 7.05 Å². The number of fused-ring (bicyclic) bond motifs is 1. The van der Waals surface area contributed by atoms with E-state index in [9.17, 15) is 4.79 Å². The first kappa shape index (κ1) is 16.5. The Hall–Kier alpha value is -2.93. The summed E-state index contributed by atoms with van der Waals surface area (Å²) in [6, 6.07) is 10.2. The third kappa shape index (κ3) is 3.25. The van der Waals surface area contributed by atoms with Crippen LogP contribution >= 0.6 is 11.3 Å². The SMILES string of the molecule is Cc1nn(C)c2sc(C(=O)NCc3ccc(Cn4ccnc4)cc3)cc12. The molecule has 132 valence electrons. The molecule has 4 aromatic rings. The van der Waals surface area contributed by atoms with Crippen LogP contribution in [0.1, 0.15) is 26.5 Å². The zero-order chi connectivity index (χ0) is 18.1. The molecule has 6 nitrogen and oxygen atoms in total. The number of carbonyl (C=O) groups excluding carboxylic acids is 1. The molecule has 0 saturated carbocycles. The number of amides is 1. The van der Waals surface area contributed by atoms with Gasteiger partial charge in [0.2, 0.25) is 0 Å². The van der Waals surface area contributed by atoms with Crippen LogP contribution in [0.2, 0.25) is 0 Å². The molecular weight excluding hydrogens is 346 g/mol. The minimum absolute atomic E-state index is 0.0481. The first-order valence-electron chi connectivity index (χ1n) is 8.35. The second-order valence-electron chi connectivity index (χ2n) is 6.27. The molecule has 1 aromatic carbocycles. The summed E-state index contributed by atoms with van der Waals surface area (Å²) in [6.45, 7) is 3.26. The minimum Gasteiger partial charge on any atom is -0.347 e. The fourth-order valence-corrected chi connectivity index (χ4v) is 3.98. The highest BCUT2D eigenvalue weighted by Crippen LogP contribution is 2.27. The molecule has 3 aromatic heterocycles. The van der Waals surface area contributed by atoms with Gasteiger partial charge in [-0.25, -0.2) is 4.98 Å². The van der Waals surface area contributed by atoms with E-state index in [1.54, 1.807) is 12.5 Å². The van der Waals surface area contributed by atoms with Crippen LogP contribution in [0, 0.1) is 6.92 Å². The van der Waals surface area contributed by atoms with E-state index in [0.29, 0.717) is 11.4 Å². The Balaban J connectivity index is 1.39. The van der Waals surface area contributed by atoms with E-state index < -0.39 is 0 Å². The Bertz CT molecular complexity index is 1010. The van der Waals surface area contributed by atoms with Gasteiger partial charge in [0.15, 0.2) is 0 Å². The van der Waals surface area contributed by atoms with Crippen LogP contribution in [-0.2, 0) is 20.1 Å². The van der Waals surface area contributed by atoms with Crippen LogP contribution in [0.15, 0.2) is 49.1 Å². The second-order valence-corrected chi connectivity index (χ2v) is 7.30. The summed E-state index contributed by atoms with van der Waals surface area (Å²) in [5.74, 6) is -0.0481. The van der Waals surface area contributed by atoms with Crippen molar-refractivity contribution < 1.29 is 4.79 Å². The number of nitrogens with one attached hydrogen (secondary N) is 1. The van der Waals surface area contributed by atoms with Gasteiger partial charge in [-0.3, -0.25) is 9.48 Å². The lowest BCUT2D eigenvalue weighted by atomic mass is 10.1. The first-order chi connectivity index (χ1) is 12.6. The van der Waals surface area contributed by atoms with Gasteiger partial charge in [-0.1, -0.05) is 24.3 Å². The third-order valence-electron chi connectivity index (χ3n) is 4.32.